The zero-order valence-electron chi connectivity index (χ0n) is 18.7. The van der Waals surface area contributed by atoms with Crippen LogP contribution in [0, 0.1) is 13.8 Å². The van der Waals surface area contributed by atoms with Crippen LogP contribution in [-0.4, -0.2) is 23.0 Å². The summed E-state index contributed by atoms with van der Waals surface area (Å²) in [7, 11) is 1.62. The summed E-state index contributed by atoms with van der Waals surface area (Å²) in [5.41, 5.74) is 5.15. The van der Waals surface area contributed by atoms with Gasteiger partial charge >= 0.3 is 0 Å². The number of hydrogen-bond donors (Lipinski definition) is 2. The molecule has 2 heterocycles. The molecule has 33 heavy (non-hydrogen) atoms. The van der Waals surface area contributed by atoms with E-state index in [2.05, 4.69) is 10.3 Å². The van der Waals surface area contributed by atoms with Crippen LogP contribution in [0.15, 0.2) is 65.5 Å². The molecule has 0 atom stereocenters. The first-order valence-electron chi connectivity index (χ1n) is 10.7. The second-order valence-electron chi connectivity index (χ2n) is 8.30. The number of aryl methyl sites for hydroxylation is 2. The molecule has 6 nitrogen and oxygen atoms in total. The Hall–Kier alpha value is -4.19. The zero-order valence-corrected chi connectivity index (χ0v) is 18.7. The van der Waals surface area contributed by atoms with Gasteiger partial charge < -0.3 is 15.0 Å². The average Bonchev–Trinajstić information content (AvgIpc) is 2.82. The molecular weight excluding hydrogens is 414 g/mol. The molecule has 6 heteroatoms. The van der Waals surface area contributed by atoms with Crippen LogP contribution in [0.1, 0.15) is 27.0 Å². The molecule has 0 radical (unpaired) electrons. The number of aromatic amines is 1. The van der Waals surface area contributed by atoms with Crippen molar-refractivity contribution >= 4 is 38.6 Å². The molecule has 0 unspecified atom stereocenters. The summed E-state index contributed by atoms with van der Waals surface area (Å²) in [6.45, 7) is 4.31. The van der Waals surface area contributed by atoms with Gasteiger partial charge in [-0.3, -0.25) is 9.59 Å². The number of benzene rings is 3. The standard InChI is InChI=1S/C27H23N3O3/c1-15-4-9-23-20(11-15)25-22(27(32)29-23)13-18-10-16(2)12-21(24(18)30-25)26(31)28-14-17-5-7-19(33-3)8-6-17/h4-13H,14H2,1-3H3,(H,28,31)(H,29,32). The fourth-order valence-corrected chi connectivity index (χ4v) is 4.16. The largest absolute Gasteiger partial charge is 0.497 e. The Morgan fingerprint density at radius 1 is 0.939 bits per heavy atom. The van der Waals surface area contributed by atoms with Gasteiger partial charge in [-0.1, -0.05) is 23.8 Å². The van der Waals surface area contributed by atoms with Gasteiger partial charge in [-0.2, -0.15) is 0 Å². The van der Waals surface area contributed by atoms with Crippen LogP contribution in [0.5, 0.6) is 5.75 Å². The smallest absolute Gasteiger partial charge is 0.257 e. The number of hydrogen-bond acceptors (Lipinski definition) is 4. The molecule has 0 saturated heterocycles. The number of rotatable bonds is 4. The van der Waals surface area contributed by atoms with Crippen LogP contribution < -0.4 is 15.6 Å². The molecule has 0 aliphatic rings. The maximum atomic E-state index is 13.2. The van der Waals surface area contributed by atoms with E-state index in [9.17, 15) is 9.59 Å². The number of ether oxygens (including phenoxy) is 1. The highest BCUT2D eigenvalue weighted by Crippen LogP contribution is 2.27. The van der Waals surface area contributed by atoms with Crippen molar-refractivity contribution in [2.24, 2.45) is 0 Å². The van der Waals surface area contributed by atoms with Gasteiger partial charge in [-0.15, -0.1) is 0 Å². The Kier molecular flexibility index (Phi) is 5.05. The Balaban J connectivity index is 1.62. The molecule has 5 aromatic rings. The minimum absolute atomic E-state index is 0.192. The number of carbonyl (C=O) groups is 1. The van der Waals surface area contributed by atoms with Gasteiger partial charge in [0.1, 0.15) is 5.75 Å². The monoisotopic (exact) mass is 437 g/mol. The van der Waals surface area contributed by atoms with Crippen molar-refractivity contribution in [3.05, 3.63) is 93.3 Å². The molecular formula is C27H23N3O3. The van der Waals surface area contributed by atoms with Crippen molar-refractivity contribution in [2.45, 2.75) is 20.4 Å². The van der Waals surface area contributed by atoms with E-state index in [1.165, 1.54) is 0 Å². The lowest BCUT2D eigenvalue weighted by atomic mass is 10.0. The number of methoxy groups -OCH3 is 1. The van der Waals surface area contributed by atoms with Crippen molar-refractivity contribution in [3.63, 3.8) is 0 Å². The summed E-state index contributed by atoms with van der Waals surface area (Å²) in [5, 5.41) is 5.12. The molecule has 0 saturated carbocycles. The minimum Gasteiger partial charge on any atom is -0.497 e. The van der Waals surface area contributed by atoms with Crippen molar-refractivity contribution in [1.82, 2.24) is 15.3 Å². The molecule has 2 aromatic heterocycles. The summed E-state index contributed by atoms with van der Waals surface area (Å²) in [4.78, 5) is 33.7. The molecule has 0 aliphatic carbocycles. The van der Waals surface area contributed by atoms with Crippen LogP contribution in [0.3, 0.4) is 0 Å². The van der Waals surface area contributed by atoms with Crippen molar-refractivity contribution in [3.8, 4) is 5.75 Å². The first kappa shape index (κ1) is 20.7. The summed E-state index contributed by atoms with van der Waals surface area (Å²) in [6, 6.07) is 19.0. The van der Waals surface area contributed by atoms with Crippen LogP contribution in [0.25, 0.3) is 32.7 Å². The Morgan fingerprint density at radius 2 is 1.73 bits per heavy atom. The number of pyridine rings is 2. The number of carbonyl (C=O) groups excluding carboxylic acids is 1. The summed E-state index contributed by atoms with van der Waals surface area (Å²) >= 11 is 0. The molecule has 5 rings (SSSR count). The topological polar surface area (TPSA) is 84.1 Å². The third-order valence-corrected chi connectivity index (χ3v) is 5.84. The highest BCUT2D eigenvalue weighted by molar-refractivity contribution is 6.11. The molecule has 1 amide bonds. The van der Waals surface area contributed by atoms with Gasteiger partial charge in [-0.05, 0) is 67.4 Å². The summed E-state index contributed by atoms with van der Waals surface area (Å²) in [5.74, 6) is 0.556. The highest BCUT2D eigenvalue weighted by Gasteiger charge is 2.16. The maximum Gasteiger partial charge on any atom is 0.257 e. The Bertz CT molecular complexity index is 1600. The maximum absolute atomic E-state index is 13.2. The highest BCUT2D eigenvalue weighted by atomic mass is 16.5. The van der Waals surface area contributed by atoms with E-state index in [1.807, 2.05) is 74.5 Å². The molecule has 164 valence electrons. The Morgan fingerprint density at radius 3 is 2.48 bits per heavy atom. The fraction of sp³-hybridized carbons (Fsp3) is 0.148. The number of H-pyrrole nitrogens is 1. The molecule has 0 aliphatic heterocycles. The second kappa shape index (κ2) is 8.06. The molecule has 2 N–H and O–H groups in total. The first-order valence-corrected chi connectivity index (χ1v) is 10.7. The lowest BCUT2D eigenvalue weighted by Gasteiger charge is -2.11. The van der Waals surface area contributed by atoms with Gasteiger partial charge in [-0.25, -0.2) is 4.98 Å². The lowest BCUT2D eigenvalue weighted by molar-refractivity contribution is 0.0952. The van der Waals surface area contributed by atoms with Crippen molar-refractivity contribution in [1.29, 1.82) is 0 Å². The number of nitrogens with zero attached hydrogens (tertiary/aromatic N) is 1. The van der Waals surface area contributed by atoms with E-state index >= 15 is 0 Å². The van der Waals surface area contributed by atoms with Gasteiger partial charge in [0, 0.05) is 17.3 Å². The molecule has 0 spiro atoms. The van der Waals surface area contributed by atoms with Crippen LogP contribution >= 0.6 is 0 Å². The van der Waals surface area contributed by atoms with Crippen molar-refractivity contribution < 1.29 is 9.53 Å². The summed E-state index contributed by atoms with van der Waals surface area (Å²) in [6.07, 6.45) is 0. The SMILES string of the molecule is COc1ccc(CNC(=O)c2cc(C)cc3cc4c(=O)[nH]c5ccc(C)cc5c4nc23)cc1. The van der Waals surface area contributed by atoms with Crippen LogP contribution in [-0.2, 0) is 6.54 Å². The quantitative estimate of drug-likeness (QED) is 0.313. The fourth-order valence-electron chi connectivity index (χ4n) is 4.16. The zero-order chi connectivity index (χ0) is 23.1. The molecule has 0 bridgehead atoms. The van der Waals surface area contributed by atoms with E-state index < -0.39 is 0 Å². The van der Waals surface area contributed by atoms with E-state index in [0.29, 0.717) is 28.5 Å². The average molecular weight is 437 g/mol. The van der Waals surface area contributed by atoms with E-state index in [1.54, 1.807) is 7.11 Å². The van der Waals surface area contributed by atoms with Crippen molar-refractivity contribution in [2.75, 3.05) is 7.11 Å². The Labute approximate surface area is 190 Å². The third-order valence-electron chi connectivity index (χ3n) is 5.84. The van der Waals surface area contributed by atoms with Gasteiger partial charge in [0.25, 0.3) is 11.5 Å². The van der Waals surface area contributed by atoms with E-state index in [4.69, 9.17) is 9.72 Å². The van der Waals surface area contributed by atoms with Crippen LogP contribution in [0.4, 0.5) is 0 Å². The third kappa shape index (κ3) is 3.80. The lowest BCUT2D eigenvalue weighted by Crippen LogP contribution is -2.23. The minimum atomic E-state index is -0.211. The second-order valence-corrected chi connectivity index (χ2v) is 8.30. The van der Waals surface area contributed by atoms with Gasteiger partial charge in [0.15, 0.2) is 0 Å². The predicted molar refractivity (Wildman–Crippen MR) is 131 cm³/mol. The van der Waals surface area contributed by atoms with Gasteiger partial charge in [0.05, 0.1) is 34.6 Å². The summed E-state index contributed by atoms with van der Waals surface area (Å²) < 4.78 is 5.19. The van der Waals surface area contributed by atoms with E-state index in [-0.39, 0.29) is 11.5 Å². The number of fused-ring (bicyclic) bond motifs is 4. The first-order chi connectivity index (χ1) is 15.9. The molecule has 0 fully saturated rings. The number of amides is 1. The number of aromatic nitrogens is 2. The normalized spacial score (nSPS) is 11.2. The van der Waals surface area contributed by atoms with E-state index in [0.717, 1.165) is 38.7 Å². The van der Waals surface area contributed by atoms with Crippen LogP contribution in [0.2, 0.25) is 0 Å². The predicted octanol–water partition coefficient (Wildman–Crippen LogP) is 4.78. The van der Waals surface area contributed by atoms with Gasteiger partial charge in [0.2, 0.25) is 0 Å². The number of nitrogens with one attached hydrogen (secondary N) is 2. The molecule has 3 aromatic carbocycles.